The number of ether oxygens (including phenoxy) is 1. The summed E-state index contributed by atoms with van der Waals surface area (Å²) < 4.78 is 7.51. The second-order valence-corrected chi connectivity index (χ2v) is 7.29. The van der Waals surface area contributed by atoms with E-state index in [1.807, 2.05) is 39.3 Å². The van der Waals surface area contributed by atoms with Gasteiger partial charge in [-0.2, -0.15) is 5.10 Å². The Morgan fingerprint density at radius 3 is 2.70 bits per heavy atom. The minimum atomic E-state index is -0.476. The highest BCUT2D eigenvalue weighted by atomic mass is 16.6. The summed E-state index contributed by atoms with van der Waals surface area (Å²) in [5.41, 5.74) is 2.69. The van der Waals surface area contributed by atoms with Gasteiger partial charge in [0.05, 0.1) is 11.7 Å². The van der Waals surface area contributed by atoms with Gasteiger partial charge in [0, 0.05) is 25.4 Å². The van der Waals surface area contributed by atoms with E-state index in [0.29, 0.717) is 13.0 Å². The standard InChI is InChI=1S/C17H29N3O3/c1-12-15(8-10-21)13(2)20(18-12)14-7-6-9-19(11-14)16(22)23-17(3,4)5/h14,21H,6-11H2,1-5H3. The molecule has 0 saturated carbocycles. The number of likely N-dealkylation sites (tertiary alicyclic amines) is 1. The number of carbonyl (C=O) groups excluding carboxylic acids is 1. The zero-order valence-corrected chi connectivity index (χ0v) is 14.9. The molecule has 1 atom stereocenters. The summed E-state index contributed by atoms with van der Waals surface area (Å²) in [5, 5.41) is 13.9. The highest BCUT2D eigenvalue weighted by molar-refractivity contribution is 5.68. The Hall–Kier alpha value is -1.56. The van der Waals surface area contributed by atoms with Crippen molar-refractivity contribution in [1.29, 1.82) is 0 Å². The molecule has 0 aliphatic carbocycles. The van der Waals surface area contributed by atoms with Gasteiger partial charge in [0.1, 0.15) is 5.60 Å². The molecule has 1 aliphatic heterocycles. The second-order valence-electron chi connectivity index (χ2n) is 7.29. The van der Waals surface area contributed by atoms with Gasteiger partial charge >= 0.3 is 6.09 Å². The van der Waals surface area contributed by atoms with Crippen LogP contribution in [0.15, 0.2) is 0 Å². The van der Waals surface area contributed by atoms with Gasteiger partial charge in [-0.05, 0) is 59.4 Å². The van der Waals surface area contributed by atoms with Gasteiger partial charge in [-0.3, -0.25) is 4.68 Å². The molecule has 6 nitrogen and oxygen atoms in total. The first kappa shape index (κ1) is 17.8. The van der Waals surface area contributed by atoms with Crippen molar-refractivity contribution in [2.75, 3.05) is 19.7 Å². The molecule has 1 aromatic heterocycles. The Morgan fingerprint density at radius 1 is 1.39 bits per heavy atom. The van der Waals surface area contributed by atoms with Crippen LogP contribution in [0.3, 0.4) is 0 Å². The van der Waals surface area contributed by atoms with E-state index in [1.54, 1.807) is 4.90 Å². The van der Waals surface area contributed by atoms with E-state index in [0.717, 1.165) is 36.3 Å². The number of aromatic nitrogens is 2. The lowest BCUT2D eigenvalue weighted by Gasteiger charge is -2.34. The van der Waals surface area contributed by atoms with E-state index in [-0.39, 0.29) is 18.7 Å². The molecule has 23 heavy (non-hydrogen) atoms. The Morgan fingerprint density at radius 2 is 2.09 bits per heavy atom. The zero-order chi connectivity index (χ0) is 17.2. The van der Waals surface area contributed by atoms with Crippen LogP contribution in [0.5, 0.6) is 0 Å². The number of amides is 1. The minimum absolute atomic E-state index is 0.127. The lowest BCUT2D eigenvalue weighted by molar-refractivity contribution is 0.0166. The molecule has 0 spiro atoms. The van der Waals surface area contributed by atoms with Gasteiger partial charge < -0.3 is 14.7 Å². The molecule has 2 heterocycles. The number of hydrogen-bond acceptors (Lipinski definition) is 4. The lowest BCUT2D eigenvalue weighted by Crippen LogP contribution is -2.43. The van der Waals surface area contributed by atoms with Crippen molar-refractivity contribution in [3.63, 3.8) is 0 Å². The van der Waals surface area contributed by atoms with E-state index in [4.69, 9.17) is 4.74 Å². The molecule has 1 saturated heterocycles. The highest BCUT2D eigenvalue weighted by Gasteiger charge is 2.30. The van der Waals surface area contributed by atoms with Crippen LogP contribution in [0.25, 0.3) is 0 Å². The summed E-state index contributed by atoms with van der Waals surface area (Å²) in [5.74, 6) is 0. The third kappa shape index (κ3) is 4.25. The number of nitrogens with zero attached hydrogens (tertiary/aromatic N) is 3. The summed E-state index contributed by atoms with van der Waals surface area (Å²) in [6.45, 7) is 11.1. The third-order valence-electron chi connectivity index (χ3n) is 4.23. The maximum atomic E-state index is 12.3. The number of carbonyl (C=O) groups is 1. The van der Waals surface area contributed by atoms with Gasteiger partial charge in [0.15, 0.2) is 0 Å². The van der Waals surface area contributed by atoms with Crippen molar-refractivity contribution in [2.24, 2.45) is 0 Å². The Bertz CT molecular complexity index is 560. The molecule has 0 bridgehead atoms. The predicted molar refractivity (Wildman–Crippen MR) is 88.6 cm³/mol. The average molecular weight is 323 g/mol. The van der Waals surface area contributed by atoms with Crippen molar-refractivity contribution < 1.29 is 14.6 Å². The van der Waals surface area contributed by atoms with Crippen molar-refractivity contribution >= 4 is 6.09 Å². The molecule has 1 unspecified atom stereocenters. The SMILES string of the molecule is Cc1nn(C2CCCN(C(=O)OC(C)(C)C)C2)c(C)c1CCO. The van der Waals surface area contributed by atoms with Gasteiger partial charge in [-0.25, -0.2) is 4.79 Å². The van der Waals surface area contributed by atoms with Crippen LogP contribution in [0.1, 0.15) is 56.6 Å². The van der Waals surface area contributed by atoms with E-state index < -0.39 is 5.60 Å². The van der Waals surface area contributed by atoms with Gasteiger partial charge in [-0.15, -0.1) is 0 Å². The largest absolute Gasteiger partial charge is 0.444 e. The first-order chi connectivity index (χ1) is 10.7. The number of piperidine rings is 1. The van der Waals surface area contributed by atoms with Crippen LogP contribution in [-0.2, 0) is 11.2 Å². The number of aliphatic hydroxyl groups is 1. The second kappa shape index (κ2) is 6.91. The van der Waals surface area contributed by atoms with Crippen LogP contribution in [-0.4, -0.2) is 51.2 Å². The summed E-state index contributed by atoms with van der Waals surface area (Å²) in [6, 6.07) is 0.169. The number of rotatable bonds is 3. The third-order valence-corrected chi connectivity index (χ3v) is 4.23. The van der Waals surface area contributed by atoms with Crippen molar-refractivity contribution in [2.45, 2.75) is 65.5 Å². The zero-order valence-electron chi connectivity index (χ0n) is 14.9. The quantitative estimate of drug-likeness (QED) is 0.928. The smallest absolute Gasteiger partial charge is 0.410 e. The number of hydrogen-bond donors (Lipinski definition) is 1. The predicted octanol–water partition coefficient (Wildman–Crippen LogP) is 2.61. The first-order valence-electron chi connectivity index (χ1n) is 8.36. The van der Waals surface area contributed by atoms with Gasteiger partial charge in [0.25, 0.3) is 0 Å². The maximum Gasteiger partial charge on any atom is 0.410 e. The highest BCUT2D eigenvalue weighted by Crippen LogP contribution is 2.26. The Balaban J connectivity index is 2.12. The molecule has 0 aromatic carbocycles. The Kier molecular flexibility index (Phi) is 5.34. The first-order valence-corrected chi connectivity index (χ1v) is 8.36. The molecule has 1 aliphatic rings. The van der Waals surface area contributed by atoms with Crippen LogP contribution in [0.4, 0.5) is 4.79 Å². The van der Waals surface area contributed by atoms with Crippen LogP contribution < -0.4 is 0 Å². The minimum Gasteiger partial charge on any atom is -0.444 e. The normalized spacial score (nSPS) is 19.0. The Labute approximate surface area is 138 Å². The molecule has 130 valence electrons. The van der Waals surface area contributed by atoms with Gasteiger partial charge in [0.2, 0.25) is 0 Å². The van der Waals surface area contributed by atoms with Crippen LogP contribution in [0.2, 0.25) is 0 Å². The van der Waals surface area contributed by atoms with Crippen molar-refractivity contribution in [1.82, 2.24) is 14.7 Å². The van der Waals surface area contributed by atoms with Crippen molar-refractivity contribution in [3.8, 4) is 0 Å². The number of aryl methyl sites for hydroxylation is 1. The fourth-order valence-corrected chi connectivity index (χ4v) is 3.17. The fraction of sp³-hybridized carbons (Fsp3) is 0.765. The van der Waals surface area contributed by atoms with Crippen molar-refractivity contribution in [3.05, 3.63) is 17.0 Å². The molecule has 2 rings (SSSR count). The summed E-state index contributed by atoms with van der Waals surface area (Å²) >= 11 is 0. The molecule has 0 radical (unpaired) electrons. The van der Waals surface area contributed by atoms with Crippen LogP contribution in [0, 0.1) is 13.8 Å². The topological polar surface area (TPSA) is 67.6 Å². The summed E-state index contributed by atoms with van der Waals surface area (Å²) in [7, 11) is 0. The lowest BCUT2D eigenvalue weighted by atomic mass is 10.1. The molecule has 1 N–H and O–H groups in total. The van der Waals surface area contributed by atoms with Crippen LogP contribution >= 0.6 is 0 Å². The van der Waals surface area contributed by atoms with E-state index in [9.17, 15) is 9.90 Å². The maximum absolute atomic E-state index is 12.3. The number of aliphatic hydroxyl groups excluding tert-OH is 1. The van der Waals surface area contributed by atoms with E-state index in [1.165, 1.54) is 0 Å². The molecule has 6 heteroatoms. The molecular weight excluding hydrogens is 294 g/mol. The molecule has 1 aromatic rings. The average Bonchev–Trinajstić information content (AvgIpc) is 2.74. The summed E-state index contributed by atoms with van der Waals surface area (Å²) in [4.78, 5) is 14.1. The molecule has 1 fully saturated rings. The molecule has 1 amide bonds. The summed E-state index contributed by atoms with van der Waals surface area (Å²) in [6.07, 6.45) is 2.32. The van der Waals surface area contributed by atoms with Gasteiger partial charge in [-0.1, -0.05) is 0 Å². The monoisotopic (exact) mass is 323 g/mol. The fourth-order valence-electron chi connectivity index (χ4n) is 3.17. The molecular formula is C17H29N3O3. The van der Waals surface area contributed by atoms with E-state index >= 15 is 0 Å². The van der Waals surface area contributed by atoms with E-state index in [2.05, 4.69) is 5.10 Å².